The van der Waals surface area contributed by atoms with Gasteiger partial charge in [0.2, 0.25) is 5.91 Å². The molecule has 1 aliphatic heterocycles. The highest BCUT2D eigenvalue weighted by Gasteiger charge is 2.30. The second kappa shape index (κ2) is 7.43. The van der Waals surface area contributed by atoms with E-state index in [-0.39, 0.29) is 28.6 Å². The molecule has 3 aromatic rings. The third-order valence-corrected chi connectivity index (χ3v) is 5.15. The van der Waals surface area contributed by atoms with Crippen LogP contribution in [0, 0.1) is 5.92 Å². The van der Waals surface area contributed by atoms with Gasteiger partial charge in [-0.05, 0) is 24.1 Å². The van der Waals surface area contributed by atoms with Crippen molar-refractivity contribution in [2.24, 2.45) is 13.0 Å². The van der Waals surface area contributed by atoms with Crippen molar-refractivity contribution in [1.82, 2.24) is 19.9 Å². The highest BCUT2D eigenvalue weighted by Crippen LogP contribution is 2.33. The molecule has 0 spiro atoms. The molecule has 0 saturated carbocycles. The minimum atomic E-state index is -4.44. The molecule has 1 saturated heterocycles. The van der Waals surface area contributed by atoms with Crippen LogP contribution in [0.15, 0.2) is 41.6 Å². The molecule has 1 aliphatic rings. The fourth-order valence-electron chi connectivity index (χ4n) is 3.46. The second-order valence-electron chi connectivity index (χ2n) is 7.14. The van der Waals surface area contributed by atoms with Gasteiger partial charge < -0.3 is 15.2 Å². The van der Waals surface area contributed by atoms with Gasteiger partial charge in [-0.2, -0.15) is 13.2 Å². The van der Waals surface area contributed by atoms with Crippen molar-refractivity contribution in [1.29, 1.82) is 0 Å². The van der Waals surface area contributed by atoms with Crippen LogP contribution in [0.25, 0.3) is 22.0 Å². The van der Waals surface area contributed by atoms with Crippen molar-refractivity contribution < 1.29 is 18.0 Å². The predicted octanol–water partition coefficient (Wildman–Crippen LogP) is 2.56. The third kappa shape index (κ3) is 3.60. The minimum Gasteiger partial charge on any atom is -0.369 e. The Labute approximate surface area is 169 Å². The third-order valence-electron chi connectivity index (χ3n) is 5.15. The molecule has 156 valence electrons. The summed E-state index contributed by atoms with van der Waals surface area (Å²) in [6, 6.07) is 4.61. The van der Waals surface area contributed by atoms with Crippen LogP contribution in [0.1, 0.15) is 12.0 Å². The van der Waals surface area contributed by atoms with Gasteiger partial charge in [-0.25, -0.2) is 9.97 Å². The Hall–Kier alpha value is -3.43. The molecule has 3 heterocycles. The lowest BCUT2D eigenvalue weighted by Crippen LogP contribution is -2.25. The predicted molar refractivity (Wildman–Crippen MR) is 105 cm³/mol. The van der Waals surface area contributed by atoms with Crippen LogP contribution in [0.5, 0.6) is 0 Å². The van der Waals surface area contributed by atoms with Crippen molar-refractivity contribution in [2.45, 2.75) is 12.6 Å². The molecule has 0 radical (unpaired) electrons. The molecule has 30 heavy (non-hydrogen) atoms. The summed E-state index contributed by atoms with van der Waals surface area (Å²) in [5, 5.41) is 6.03. The van der Waals surface area contributed by atoms with E-state index in [0.717, 1.165) is 12.1 Å². The minimum absolute atomic E-state index is 0.0563. The fourth-order valence-corrected chi connectivity index (χ4v) is 3.46. The first kappa shape index (κ1) is 19.9. The lowest BCUT2D eigenvalue weighted by atomic mass is 10.0. The molecule has 2 N–H and O–H groups in total. The smallest absolute Gasteiger partial charge is 0.369 e. The lowest BCUT2D eigenvalue weighted by molar-refractivity contribution is -0.137. The number of carbonyl (C=O) groups is 1. The number of anilines is 1. The molecule has 1 amide bonds. The number of hydrogen-bond donors (Lipinski definition) is 2. The van der Waals surface area contributed by atoms with Gasteiger partial charge in [0, 0.05) is 31.9 Å². The zero-order valence-corrected chi connectivity index (χ0v) is 16.0. The van der Waals surface area contributed by atoms with Crippen molar-refractivity contribution in [3.05, 3.63) is 52.7 Å². The van der Waals surface area contributed by atoms with E-state index in [1.165, 1.54) is 29.2 Å². The van der Waals surface area contributed by atoms with E-state index in [1.54, 1.807) is 7.05 Å². The molecular weight excluding hydrogens is 399 g/mol. The van der Waals surface area contributed by atoms with Crippen LogP contribution in [0.3, 0.4) is 0 Å². The molecule has 1 aromatic carbocycles. The van der Waals surface area contributed by atoms with E-state index >= 15 is 0 Å². The quantitative estimate of drug-likeness (QED) is 0.681. The SMILES string of the molecule is Cn1cnc2c(-c3ccc(C(F)(F)F)cc3)cnc(NCC3CCNC3=O)c2c1=O. The number of nitrogens with one attached hydrogen (secondary N) is 2. The molecule has 1 fully saturated rings. The van der Waals surface area contributed by atoms with E-state index in [4.69, 9.17) is 0 Å². The maximum Gasteiger partial charge on any atom is 0.416 e. The Morgan fingerprint density at radius 1 is 1.20 bits per heavy atom. The number of fused-ring (bicyclic) bond motifs is 1. The maximum absolute atomic E-state index is 12.9. The molecular formula is C20H18F3N5O2. The van der Waals surface area contributed by atoms with E-state index in [0.29, 0.717) is 36.2 Å². The van der Waals surface area contributed by atoms with Crippen molar-refractivity contribution >= 4 is 22.6 Å². The summed E-state index contributed by atoms with van der Waals surface area (Å²) in [5.41, 5.74) is 0.120. The summed E-state index contributed by atoms with van der Waals surface area (Å²) in [7, 11) is 1.55. The molecule has 2 aromatic heterocycles. The number of pyridine rings is 1. The standard InChI is InChI=1S/C20H18F3N5O2/c1-28-10-27-16-14(11-2-4-13(5-3-11)20(21,22)23)9-26-17(15(16)19(28)30)25-8-12-6-7-24-18(12)29/h2-5,9-10,12H,6-8H2,1H3,(H,24,29)(H,25,26). The number of aromatic nitrogens is 3. The number of carbonyl (C=O) groups excluding carboxylic acids is 1. The number of halogens is 3. The van der Waals surface area contributed by atoms with Crippen LogP contribution in [-0.2, 0) is 18.0 Å². The summed E-state index contributed by atoms with van der Waals surface area (Å²) >= 11 is 0. The molecule has 0 bridgehead atoms. The van der Waals surface area contributed by atoms with Crippen LogP contribution in [0.2, 0.25) is 0 Å². The number of rotatable bonds is 4. The lowest BCUT2D eigenvalue weighted by Gasteiger charge is -2.14. The summed E-state index contributed by atoms with van der Waals surface area (Å²) < 4.78 is 39.9. The van der Waals surface area contributed by atoms with Gasteiger partial charge in [0.1, 0.15) is 11.2 Å². The second-order valence-corrected chi connectivity index (χ2v) is 7.14. The topological polar surface area (TPSA) is 88.9 Å². The first-order valence-electron chi connectivity index (χ1n) is 9.29. The van der Waals surface area contributed by atoms with E-state index < -0.39 is 11.7 Å². The average Bonchev–Trinajstić information content (AvgIpc) is 3.13. The van der Waals surface area contributed by atoms with Gasteiger partial charge in [-0.15, -0.1) is 0 Å². The molecule has 7 nitrogen and oxygen atoms in total. The van der Waals surface area contributed by atoms with Crippen molar-refractivity contribution in [3.8, 4) is 11.1 Å². The normalized spacial score (nSPS) is 16.7. The Morgan fingerprint density at radius 3 is 2.57 bits per heavy atom. The fraction of sp³-hybridized carbons (Fsp3) is 0.300. The van der Waals surface area contributed by atoms with Gasteiger partial charge in [-0.1, -0.05) is 12.1 Å². The Morgan fingerprint density at radius 2 is 1.93 bits per heavy atom. The Bertz CT molecular complexity index is 1170. The van der Waals surface area contributed by atoms with Crippen LogP contribution in [0.4, 0.5) is 19.0 Å². The molecule has 1 atom stereocenters. The van der Waals surface area contributed by atoms with E-state index in [2.05, 4.69) is 20.6 Å². The Balaban J connectivity index is 1.76. The zero-order valence-electron chi connectivity index (χ0n) is 16.0. The van der Waals surface area contributed by atoms with Crippen LogP contribution >= 0.6 is 0 Å². The molecule has 4 rings (SSSR count). The monoisotopic (exact) mass is 417 g/mol. The number of hydrogen-bond acceptors (Lipinski definition) is 5. The summed E-state index contributed by atoms with van der Waals surface area (Å²) in [5.74, 6) is 0.00484. The van der Waals surface area contributed by atoms with Gasteiger partial charge in [-0.3, -0.25) is 9.59 Å². The highest BCUT2D eigenvalue weighted by atomic mass is 19.4. The van der Waals surface area contributed by atoms with Crippen molar-refractivity contribution in [2.75, 3.05) is 18.4 Å². The van der Waals surface area contributed by atoms with E-state index in [9.17, 15) is 22.8 Å². The zero-order chi connectivity index (χ0) is 21.5. The van der Waals surface area contributed by atoms with Crippen molar-refractivity contribution in [3.63, 3.8) is 0 Å². The number of aryl methyl sites for hydroxylation is 1. The molecule has 0 aliphatic carbocycles. The average molecular weight is 417 g/mol. The number of alkyl halides is 3. The summed E-state index contributed by atoms with van der Waals surface area (Å²) in [6.45, 7) is 0.918. The van der Waals surface area contributed by atoms with Gasteiger partial charge in [0.25, 0.3) is 5.56 Å². The van der Waals surface area contributed by atoms with Crippen LogP contribution < -0.4 is 16.2 Å². The summed E-state index contributed by atoms with van der Waals surface area (Å²) in [6.07, 6.45) is -0.933. The highest BCUT2D eigenvalue weighted by molar-refractivity contribution is 5.98. The first-order chi connectivity index (χ1) is 14.3. The number of nitrogens with zero attached hydrogens (tertiary/aromatic N) is 3. The largest absolute Gasteiger partial charge is 0.416 e. The van der Waals surface area contributed by atoms with Gasteiger partial charge in [0.15, 0.2) is 0 Å². The summed E-state index contributed by atoms with van der Waals surface area (Å²) in [4.78, 5) is 33.2. The number of benzene rings is 1. The maximum atomic E-state index is 12.9. The van der Waals surface area contributed by atoms with Crippen LogP contribution in [-0.4, -0.2) is 33.5 Å². The molecule has 10 heteroatoms. The number of amides is 1. The Kier molecular flexibility index (Phi) is 4.92. The molecule has 1 unspecified atom stereocenters. The van der Waals surface area contributed by atoms with Gasteiger partial charge in [0.05, 0.1) is 23.3 Å². The first-order valence-corrected chi connectivity index (χ1v) is 9.29. The van der Waals surface area contributed by atoms with E-state index in [1.807, 2.05) is 0 Å². The van der Waals surface area contributed by atoms with Gasteiger partial charge >= 0.3 is 6.18 Å².